The van der Waals surface area contributed by atoms with Gasteiger partial charge in [-0.05, 0) is 50.9 Å². The fourth-order valence-electron chi connectivity index (χ4n) is 7.03. The normalized spacial score (nSPS) is 12.5. The molecule has 1 atom stereocenters. The highest BCUT2D eigenvalue weighted by Crippen LogP contribution is 2.17. The number of carbonyl (C=O) groups excluding carboxylic acids is 1. The summed E-state index contributed by atoms with van der Waals surface area (Å²) in [5.41, 5.74) is 0. The molecule has 0 aromatic carbocycles. The zero-order valence-corrected chi connectivity index (χ0v) is 34.8. The fourth-order valence-corrected chi connectivity index (χ4v) is 7.03. The van der Waals surface area contributed by atoms with Gasteiger partial charge in [0.1, 0.15) is 0 Å². The molecule has 50 heavy (non-hydrogen) atoms. The number of allylic oxidation sites excluding steroid dienone is 4. The first-order chi connectivity index (χ1) is 24.7. The maximum atomic E-state index is 12.0. The van der Waals surface area contributed by atoms with Crippen LogP contribution in [0.1, 0.15) is 265 Å². The van der Waals surface area contributed by atoms with E-state index in [1.54, 1.807) is 0 Å². The van der Waals surface area contributed by atoms with Gasteiger partial charge in [-0.15, -0.1) is 0 Å². The van der Waals surface area contributed by atoms with E-state index in [0.29, 0.717) is 13.0 Å². The van der Waals surface area contributed by atoms with Crippen LogP contribution in [0.2, 0.25) is 0 Å². The summed E-state index contributed by atoms with van der Waals surface area (Å²) in [4.78, 5) is 12.0. The predicted molar refractivity (Wildman–Crippen MR) is 225 cm³/mol. The number of hydrogen-bond donors (Lipinski definition) is 0. The SMILES string of the molecule is CCCCC/C=C\C/C=C\CCCCCCCC(=O)OCCCCCCCCCCCCCCCCCCCCCCCCCCC(C)CC. The highest BCUT2D eigenvalue weighted by Gasteiger charge is 2.03. The lowest BCUT2D eigenvalue weighted by Crippen LogP contribution is -2.05. The van der Waals surface area contributed by atoms with Crippen molar-refractivity contribution >= 4 is 5.97 Å². The third-order valence-electron chi connectivity index (χ3n) is 10.9. The van der Waals surface area contributed by atoms with Crippen molar-refractivity contribution in [1.29, 1.82) is 0 Å². The summed E-state index contributed by atoms with van der Waals surface area (Å²) in [5, 5.41) is 0. The van der Waals surface area contributed by atoms with Crippen LogP contribution in [-0.2, 0) is 9.53 Å². The Kier molecular flexibility index (Phi) is 43.2. The van der Waals surface area contributed by atoms with E-state index in [0.717, 1.165) is 31.6 Å². The number of hydrogen-bond acceptors (Lipinski definition) is 2. The largest absolute Gasteiger partial charge is 0.466 e. The van der Waals surface area contributed by atoms with Crippen LogP contribution in [0.15, 0.2) is 24.3 Å². The molecular formula is C48H92O2. The average Bonchev–Trinajstić information content (AvgIpc) is 3.12. The smallest absolute Gasteiger partial charge is 0.305 e. The number of esters is 1. The molecule has 0 rings (SSSR count). The van der Waals surface area contributed by atoms with Crippen LogP contribution in [0.3, 0.4) is 0 Å². The maximum Gasteiger partial charge on any atom is 0.305 e. The van der Waals surface area contributed by atoms with Gasteiger partial charge in [-0.2, -0.15) is 0 Å². The number of ether oxygens (including phenoxy) is 1. The molecule has 2 nitrogen and oxygen atoms in total. The first-order valence-electron chi connectivity index (χ1n) is 23.2. The second-order valence-corrected chi connectivity index (χ2v) is 16.0. The van der Waals surface area contributed by atoms with Gasteiger partial charge in [-0.1, -0.05) is 238 Å². The summed E-state index contributed by atoms with van der Waals surface area (Å²) < 4.78 is 5.47. The third kappa shape index (κ3) is 43.1. The van der Waals surface area contributed by atoms with Gasteiger partial charge in [0.25, 0.3) is 0 Å². The molecule has 1 unspecified atom stereocenters. The minimum atomic E-state index is 0.0142. The minimum Gasteiger partial charge on any atom is -0.466 e. The van der Waals surface area contributed by atoms with E-state index >= 15 is 0 Å². The molecule has 0 aliphatic carbocycles. The van der Waals surface area contributed by atoms with E-state index in [1.807, 2.05) is 0 Å². The molecule has 0 heterocycles. The van der Waals surface area contributed by atoms with Crippen LogP contribution in [0.5, 0.6) is 0 Å². The molecule has 0 N–H and O–H groups in total. The molecule has 0 saturated carbocycles. The van der Waals surface area contributed by atoms with Crippen molar-refractivity contribution < 1.29 is 9.53 Å². The molecule has 0 spiro atoms. The van der Waals surface area contributed by atoms with Gasteiger partial charge in [-0.25, -0.2) is 0 Å². The molecule has 0 aromatic heterocycles. The fraction of sp³-hybridized carbons (Fsp3) is 0.896. The van der Waals surface area contributed by atoms with Crippen LogP contribution in [0, 0.1) is 5.92 Å². The van der Waals surface area contributed by atoms with Crippen molar-refractivity contribution in [2.75, 3.05) is 6.61 Å². The van der Waals surface area contributed by atoms with Crippen LogP contribution >= 0.6 is 0 Å². The Bertz CT molecular complexity index is 694. The molecule has 2 heteroatoms. The van der Waals surface area contributed by atoms with E-state index in [9.17, 15) is 4.79 Å². The quantitative estimate of drug-likeness (QED) is 0.0360. The van der Waals surface area contributed by atoms with Gasteiger partial charge in [0.05, 0.1) is 6.61 Å². The molecule has 0 amide bonds. The van der Waals surface area contributed by atoms with Crippen molar-refractivity contribution in [1.82, 2.24) is 0 Å². The lowest BCUT2D eigenvalue weighted by molar-refractivity contribution is -0.143. The highest BCUT2D eigenvalue weighted by atomic mass is 16.5. The standard InChI is InChI=1S/C48H92O2/c1-4-6-7-8-9-10-11-12-23-27-30-33-36-39-42-45-48(49)50-46-43-40-37-34-31-28-25-22-20-18-16-14-13-15-17-19-21-24-26-29-32-35-38-41-44-47(3)5-2/h9-10,12,23,47H,4-8,11,13-22,24-46H2,1-3H3/b10-9-,23-12-. The Morgan fingerprint density at radius 3 is 1.22 bits per heavy atom. The number of rotatable bonds is 42. The molecule has 0 aliphatic heterocycles. The zero-order valence-electron chi connectivity index (χ0n) is 34.8. The van der Waals surface area contributed by atoms with Crippen LogP contribution in [0.25, 0.3) is 0 Å². The molecule has 0 fully saturated rings. The minimum absolute atomic E-state index is 0.0142. The maximum absolute atomic E-state index is 12.0. The van der Waals surface area contributed by atoms with E-state index < -0.39 is 0 Å². The van der Waals surface area contributed by atoms with Crippen LogP contribution in [0.4, 0.5) is 0 Å². The van der Waals surface area contributed by atoms with Gasteiger partial charge >= 0.3 is 5.97 Å². The van der Waals surface area contributed by atoms with Gasteiger partial charge in [0.2, 0.25) is 0 Å². The molecule has 0 aliphatic rings. The molecule has 0 bridgehead atoms. The topological polar surface area (TPSA) is 26.3 Å². The second-order valence-electron chi connectivity index (χ2n) is 16.0. The van der Waals surface area contributed by atoms with Crippen LogP contribution in [-0.4, -0.2) is 12.6 Å². The summed E-state index contributed by atoms with van der Waals surface area (Å²) in [7, 11) is 0. The first kappa shape index (κ1) is 49.0. The summed E-state index contributed by atoms with van der Waals surface area (Å²) in [6, 6.07) is 0. The molecular weight excluding hydrogens is 609 g/mol. The molecule has 0 saturated heterocycles. The summed E-state index contributed by atoms with van der Waals surface area (Å²) in [6.45, 7) is 7.60. The van der Waals surface area contributed by atoms with Gasteiger partial charge in [0, 0.05) is 6.42 Å². The molecule has 296 valence electrons. The lowest BCUT2D eigenvalue weighted by atomic mass is 9.99. The summed E-state index contributed by atoms with van der Waals surface area (Å²) in [5.74, 6) is 0.951. The average molecular weight is 701 g/mol. The Morgan fingerprint density at radius 2 is 0.800 bits per heavy atom. The third-order valence-corrected chi connectivity index (χ3v) is 10.9. The van der Waals surface area contributed by atoms with Crippen molar-refractivity contribution in [2.45, 2.75) is 265 Å². The van der Waals surface area contributed by atoms with Gasteiger partial charge in [0.15, 0.2) is 0 Å². The molecule has 0 radical (unpaired) electrons. The summed E-state index contributed by atoms with van der Waals surface area (Å²) in [6.07, 6.45) is 60.0. The van der Waals surface area contributed by atoms with E-state index in [4.69, 9.17) is 4.74 Å². The van der Waals surface area contributed by atoms with Crippen molar-refractivity contribution in [3.63, 3.8) is 0 Å². The Labute approximate surface area is 316 Å². The molecule has 0 aromatic rings. The second kappa shape index (κ2) is 44.1. The zero-order chi connectivity index (χ0) is 36.3. The first-order valence-corrected chi connectivity index (χ1v) is 23.2. The van der Waals surface area contributed by atoms with Crippen LogP contribution < -0.4 is 0 Å². The highest BCUT2D eigenvalue weighted by molar-refractivity contribution is 5.69. The van der Waals surface area contributed by atoms with Crippen molar-refractivity contribution in [3.8, 4) is 0 Å². The van der Waals surface area contributed by atoms with Gasteiger partial charge in [-0.3, -0.25) is 4.79 Å². The van der Waals surface area contributed by atoms with Crippen molar-refractivity contribution in [3.05, 3.63) is 24.3 Å². The van der Waals surface area contributed by atoms with E-state index in [1.165, 1.54) is 212 Å². The Morgan fingerprint density at radius 1 is 0.440 bits per heavy atom. The predicted octanol–water partition coefficient (Wildman–Crippen LogP) is 17.1. The van der Waals surface area contributed by atoms with E-state index in [2.05, 4.69) is 45.1 Å². The lowest BCUT2D eigenvalue weighted by Gasteiger charge is -2.07. The Balaban J connectivity index is 3.18. The van der Waals surface area contributed by atoms with E-state index in [-0.39, 0.29) is 5.97 Å². The van der Waals surface area contributed by atoms with Crippen molar-refractivity contribution in [2.24, 2.45) is 5.92 Å². The summed E-state index contributed by atoms with van der Waals surface area (Å²) >= 11 is 0. The number of unbranched alkanes of at least 4 members (excludes halogenated alkanes) is 31. The number of carbonyl (C=O) groups is 1. The monoisotopic (exact) mass is 701 g/mol. The Hall–Kier alpha value is -1.05. The van der Waals surface area contributed by atoms with Gasteiger partial charge < -0.3 is 4.74 Å².